The van der Waals surface area contributed by atoms with Gasteiger partial charge in [-0.1, -0.05) is 0 Å². The number of fused-ring (bicyclic) bond motifs is 1. The normalized spacial score (nSPS) is 19.2. The molecule has 0 atom stereocenters. The van der Waals surface area contributed by atoms with E-state index in [0.717, 1.165) is 22.7 Å². The zero-order valence-electron chi connectivity index (χ0n) is 18.0. The van der Waals surface area contributed by atoms with Crippen LogP contribution in [0.25, 0.3) is 11.0 Å². The number of aryl methyl sites for hydroxylation is 1. The Hall–Kier alpha value is -2.66. The van der Waals surface area contributed by atoms with Gasteiger partial charge in [0.1, 0.15) is 16.7 Å². The van der Waals surface area contributed by atoms with Gasteiger partial charge in [-0.15, -0.1) is 0 Å². The van der Waals surface area contributed by atoms with Crippen molar-refractivity contribution in [1.82, 2.24) is 19.3 Å². The van der Waals surface area contributed by atoms with Gasteiger partial charge in [0.05, 0.1) is 5.56 Å². The second-order valence-electron chi connectivity index (χ2n) is 8.71. The molecule has 2 fully saturated rings. The van der Waals surface area contributed by atoms with Gasteiger partial charge in [0, 0.05) is 49.7 Å². The van der Waals surface area contributed by atoms with Crippen LogP contribution >= 0.6 is 0 Å². The van der Waals surface area contributed by atoms with Crippen LogP contribution in [-0.2, 0) is 16.2 Å². The number of piperidine rings is 1. The van der Waals surface area contributed by atoms with Crippen LogP contribution in [0.5, 0.6) is 0 Å². The molecule has 2 aliphatic rings. The molecule has 3 aromatic heterocycles. The summed E-state index contributed by atoms with van der Waals surface area (Å²) in [5.74, 6) is 0.0405. The van der Waals surface area contributed by atoms with Gasteiger partial charge >= 0.3 is 6.18 Å². The van der Waals surface area contributed by atoms with Crippen molar-refractivity contribution >= 4 is 26.9 Å². The average Bonchev–Trinajstić information content (AvgIpc) is 3.16. The highest BCUT2D eigenvalue weighted by Gasteiger charge is 2.45. The Labute approximate surface area is 189 Å². The summed E-state index contributed by atoms with van der Waals surface area (Å²) in [5, 5.41) is 0.328. The number of hydrogen-bond donors (Lipinski definition) is 1. The van der Waals surface area contributed by atoms with Crippen LogP contribution in [-0.4, -0.2) is 59.1 Å². The van der Waals surface area contributed by atoms with Gasteiger partial charge in [-0.25, -0.2) is 22.7 Å². The molecule has 7 nitrogen and oxygen atoms in total. The molecule has 3 aromatic rings. The van der Waals surface area contributed by atoms with Crippen molar-refractivity contribution in [1.29, 1.82) is 0 Å². The fraction of sp³-hybridized carbons (Fsp3) is 0.455. The highest BCUT2D eigenvalue weighted by Crippen LogP contribution is 2.39. The first-order valence-electron chi connectivity index (χ1n) is 10.9. The van der Waals surface area contributed by atoms with Crippen molar-refractivity contribution in [3.8, 4) is 0 Å². The summed E-state index contributed by atoms with van der Waals surface area (Å²) in [6.07, 6.45) is 0.511. The highest BCUT2D eigenvalue weighted by atomic mass is 32.2. The van der Waals surface area contributed by atoms with Gasteiger partial charge in [0.15, 0.2) is 0 Å². The van der Waals surface area contributed by atoms with E-state index in [1.165, 1.54) is 15.3 Å². The van der Waals surface area contributed by atoms with E-state index >= 15 is 0 Å². The molecular formula is C22H24F3N5O2S. The minimum atomic E-state index is -4.54. The fourth-order valence-corrected chi connectivity index (χ4v) is 6.63. The third kappa shape index (κ3) is 3.97. The number of aromatic amines is 1. The van der Waals surface area contributed by atoms with Gasteiger partial charge < -0.3 is 9.88 Å². The Morgan fingerprint density at radius 2 is 1.85 bits per heavy atom. The van der Waals surface area contributed by atoms with Crippen LogP contribution in [0, 0.1) is 6.92 Å². The molecule has 0 spiro atoms. The van der Waals surface area contributed by atoms with Crippen molar-refractivity contribution in [3.05, 3.63) is 53.5 Å². The van der Waals surface area contributed by atoms with Crippen LogP contribution in [0.4, 0.5) is 19.0 Å². The van der Waals surface area contributed by atoms with Crippen molar-refractivity contribution < 1.29 is 21.6 Å². The van der Waals surface area contributed by atoms with E-state index in [9.17, 15) is 21.6 Å². The first kappa shape index (κ1) is 22.1. The van der Waals surface area contributed by atoms with E-state index < -0.39 is 27.0 Å². The maximum Gasteiger partial charge on any atom is 0.419 e. The maximum atomic E-state index is 13.4. The van der Waals surface area contributed by atoms with Gasteiger partial charge in [-0.05, 0) is 55.5 Å². The Balaban J connectivity index is 1.25. The number of halogens is 3. The van der Waals surface area contributed by atoms with E-state index in [4.69, 9.17) is 0 Å². The molecule has 2 aliphatic heterocycles. The molecule has 33 heavy (non-hydrogen) atoms. The molecule has 0 saturated carbocycles. The van der Waals surface area contributed by atoms with Crippen LogP contribution in [0.3, 0.4) is 0 Å². The smallest absolute Gasteiger partial charge is 0.353 e. The molecule has 176 valence electrons. The number of H-pyrrole nitrogens is 1. The van der Waals surface area contributed by atoms with Crippen LogP contribution in [0.1, 0.15) is 35.6 Å². The maximum absolute atomic E-state index is 13.4. The summed E-state index contributed by atoms with van der Waals surface area (Å²) in [7, 11) is -3.60. The lowest BCUT2D eigenvalue weighted by Gasteiger charge is -2.43. The number of sulfonamides is 1. The number of alkyl halides is 3. The summed E-state index contributed by atoms with van der Waals surface area (Å²) >= 11 is 0. The highest BCUT2D eigenvalue weighted by molar-refractivity contribution is 7.89. The van der Waals surface area contributed by atoms with Crippen molar-refractivity contribution in [2.24, 2.45) is 0 Å². The molecule has 0 radical (unpaired) electrons. The van der Waals surface area contributed by atoms with Gasteiger partial charge in [0.25, 0.3) is 0 Å². The molecule has 11 heteroatoms. The number of nitrogens with one attached hydrogen (secondary N) is 1. The lowest BCUT2D eigenvalue weighted by atomic mass is 9.90. The lowest BCUT2D eigenvalue weighted by Crippen LogP contribution is -2.59. The van der Waals surface area contributed by atoms with Gasteiger partial charge in [-0.3, -0.25) is 0 Å². The van der Waals surface area contributed by atoms with E-state index in [2.05, 4.69) is 15.0 Å². The predicted molar refractivity (Wildman–Crippen MR) is 119 cm³/mol. The van der Waals surface area contributed by atoms with E-state index in [1.807, 2.05) is 18.3 Å². The molecule has 0 bridgehead atoms. The zero-order valence-corrected chi connectivity index (χ0v) is 18.8. The van der Waals surface area contributed by atoms with Gasteiger partial charge in [-0.2, -0.15) is 13.2 Å². The molecule has 2 saturated heterocycles. The van der Waals surface area contributed by atoms with Crippen molar-refractivity contribution in [2.75, 3.05) is 31.1 Å². The molecule has 0 aliphatic carbocycles. The Bertz CT molecular complexity index is 1280. The van der Waals surface area contributed by atoms with Gasteiger partial charge in [0.2, 0.25) is 10.0 Å². The molecule has 5 heterocycles. The SMILES string of the molecule is Cc1ccc(C(F)(F)F)c(N2CC(S(=O)(=O)N3CCC(c4c[nH]c5ncccc45)CC3)C2)n1. The lowest BCUT2D eigenvalue weighted by molar-refractivity contribution is -0.137. The third-order valence-corrected chi connectivity index (χ3v) is 8.85. The first-order chi connectivity index (χ1) is 15.6. The summed E-state index contributed by atoms with van der Waals surface area (Å²) in [6.45, 7) is 2.43. The van der Waals surface area contributed by atoms with Crippen molar-refractivity contribution in [2.45, 2.75) is 37.1 Å². The minimum Gasteiger partial charge on any atom is -0.353 e. The minimum absolute atomic E-state index is 0.00983. The monoisotopic (exact) mass is 479 g/mol. The fourth-order valence-electron chi connectivity index (χ4n) is 4.75. The summed E-state index contributed by atoms with van der Waals surface area (Å²) in [6, 6.07) is 6.21. The van der Waals surface area contributed by atoms with E-state index in [0.29, 0.717) is 31.6 Å². The molecule has 0 unspecified atom stereocenters. The second kappa shape index (κ2) is 7.98. The number of nitrogens with zero attached hydrogens (tertiary/aromatic N) is 4. The molecule has 1 N–H and O–H groups in total. The Morgan fingerprint density at radius 3 is 2.55 bits per heavy atom. The second-order valence-corrected chi connectivity index (χ2v) is 10.9. The standard InChI is InChI=1S/C22H24F3N5O2S/c1-14-4-5-19(22(23,24)25)21(28-14)29-12-16(13-29)33(31,32)30-9-6-15(7-10-30)18-11-27-20-17(18)3-2-8-26-20/h2-5,8,11,15-16H,6-7,9-10,12-13H2,1H3,(H,26,27). The van der Waals surface area contributed by atoms with Crippen molar-refractivity contribution in [3.63, 3.8) is 0 Å². The Morgan fingerprint density at radius 1 is 1.12 bits per heavy atom. The van der Waals surface area contributed by atoms with E-state index in [1.54, 1.807) is 13.1 Å². The number of hydrogen-bond acceptors (Lipinski definition) is 5. The number of anilines is 1. The summed E-state index contributed by atoms with van der Waals surface area (Å²) in [4.78, 5) is 12.9. The molecular weight excluding hydrogens is 455 g/mol. The quantitative estimate of drug-likeness (QED) is 0.617. The molecule has 0 aromatic carbocycles. The predicted octanol–water partition coefficient (Wildman–Crippen LogP) is 3.68. The van der Waals surface area contributed by atoms with Crippen LogP contribution in [0.2, 0.25) is 0 Å². The average molecular weight is 480 g/mol. The third-order valence-electron chi connectivity index (χ3n) is 6.63. The topological polar surface area (TPSA) is 82.2 Å². The first-order valence-corrected chi connectivity index (χ1v) is 12.4. The number of aromatic nitrogens is 3. The summed E-state index contributed by atoms with van der Waals surface area (Å²) in [5.41, 5.74) is 1.59. The van der Waals surface area contributed by atoms with E-state index in [-0.39, 0.29) is 24.8 Å². The Kier molecular flexibility index (Phi) is 5.36. The largest absolute Gasteiger partial charge is 0.419 e. The zero-order chi connectivity index (χ0) is 23.4. The molecule has 5 rings (SSSR count). The van der Waals surface area contributed by atoms with Crippen LogP contribution in [0.15, 0.2) is 36.7 Å². The number of rotatable bonds is 4. The van der Waals surface area contributed by atoms with Crippen LogP contribution < -0.4 is 4.90 Å². The number of pyridine rings is 2. The summed E-state index contributed by atoms with van der Waals surface area (Å²) < 4.78 is 67.9. The molecule has 0 amide bonds.